The molecule has 0 saturated heterocycles. The van der Waals surface area contributed by atoms with Gasteiger partial charge in [-0.05, 0) is 28.4 Å². The van der Waals surface area contributed by atoms with Crippen LogP contribution in [0.2, 0.25) is 0 Å². The number of unbranched alkanes of at least 4 members (excludes halogenated alkanes) is 1. The van der Waals surface area contributed by atoms with Crippen molar-refractivity contribution in [3.05, 3.63) is 12.2 Å². The summed E-state index contributed by atoms with van der Waals surface area (Å²) in [5.74, 6) is 0. The van der Waals surface area contributed by atoms with Crippen LogP contribution in [0.25, 0.3) is 0 Å². The van der Waals surface area contributed by atoms with Gasteiger partial charge in [0.05, 0.1) is 0 Å². The molecule has 46 valence electrons. The quantitative estimate of drug-likeness (QED) is 0.477. The first-order valence-corrected chi connectivity index (χ1v) is 3.42. The summed E-state index contributed by atoms with van der Waals surface area (Å²) in [7, 11) is 0. The van der Waals surface area contributed by atoms with Crippen LogP contribution in [0.4, 0.5) is 0 Å². The number of rotatable bonds is 3. The second-order valence-electron chi connectivity index (χ2n) is 1.50. The van der Waals surface area contributed by atoms with Crippen LogP contribution in [0.5, 0.6) is 0 Å². The van der Waals surface area contributed by atoms with Gasteiger partial charge in [0.2, 0.25) is 4.69 Å². The number of carbonyl (C=O) groups excluding carboxylic acids is 1. The molecule has 0 saturated carbocycles. The molecule has 0 fully saturated rings. The minimum atomic E-state index is -0.0500. The highest BCUT2D eigenvalue weighted by molar-refractivity contribution is 9.18. The summed E-state index contributed by atoms with van der Waals surface area (Å²) < 4.78 is -0.0500. The molecule has 0 spiro atoms. The molecule has 0 aromatic heterocycles. The molecular formula is C6H9BrO. The van der Waals surface area contributed by atoms with Crippen molar-refractivity contribution in [3.63, 3.8) is 0 Å². The molecule has 0 aliphatic heterocycles. The van der Waals surface area contributed by atoms with E-state index in [1.54, 1.807) is 0 Å². The van der Waals surface area contributed by atoms with Gasteiger partial charge >= 0.3 is 0 Å². The van der Waals surface area contributed by atoms with E-state index in [0.717, 1.165) is 12.8 Å². The normalized spacial score (nSPS) is 10.2. The molecule has 0 aromatic rings. The summed E-state index contributed by atoms with van der Waals surface area (Å²) in [6, 6.07) is 0. The lowest BCUT2D eigenvalue weighted by atomic mass is 10.3. The SMILES string of the molecule is CCCC=CC(=O)Br. The van der Waals surface area contributed by atoms with Gasteiger partial charge in [0.25, 0.3) is 0 Å². The molecule has 0 aliphatic rings. The van der Waals surface area contributed by atoms with Crippen LogP contribution in [-0.2, 0) is 4.79 Å². The molecule has 0 atom stereocenters. The average molecular weight is 177 g/mol. The Morgan fingerprint density at radius 3 is 2.75 bits per heavy atom. The van der Waals surface area contributed by atoms with E-state index in [2.05, 4.69) is 22.9 Å². The minimum absolute atomic E-state index is 0.0500. The van der Waals surface area contributed by atoms with E-state index >= 15 is 0 Å². The predicted octanol–water partition coefficient (Wildman–Crippen LogP) is 2.26. The average Bonchev–Trinajstić information content (AvgIpc) is 1.66. The molecule has 0 N–H and O–H groups in total. The summed E-state index contributed by atoms with van der Waals surface area (Å²) in [4.78, 5) is 10.1. The van der Waals surface area contributed by atoms with Crippen LogP contribution in [0, 0.1) is 0 Å². The van der Waals surface area contributed by atoms with Crippen molar-refractivity contribution < 1.29 is 4.79 Å². The molecule has 0 aliphatic carbocycles. The Balaban J connectivity index is 3.20. The van der Waals surface area contributed by atoms with E-state index in [-0.39, 0.29) is 4.69 Å². The summed E-state index contributed by atoms with van der Waals surface area (Å²) in [6.45, 7) is 2.07. The Kier molecular flexibility index (Phi) is 4.97. The van der Waals surface area contributed by atoms with Crippen molar-refractivity contribution in [2.24, 2.45) is 0 Å². The molecule has 0 unspecified atom stereocenters. The smallest absolute Gasteiger partial charge is 0.220 e. The van der Waals surface area contributed by atoms with Crippen LogP contribution in [0.1, 0.15) is 19.8 Å². The summed E-state index contributed by atoms with van der Waals surface area (Å²) >= 11 is 2.78. The lowest BCUT2D eigenvalue weighted by Crippen LogP contribution is -1.72. The third kappa shape index (κ3) is 5.89. The van der Waals surface area contributed by atoms with Crippen molar-refractivity contribution >= 4 is 20.6 Å². The Morgan fingerprint density at radius 2 is 2.38 bits per heavy atom. The predicted molar refractivity (Wildman–Crippen MR) is 38.0 cm³/mol. The molecule has 0 heterocycles. The van der Waals surface area contributed by atoms with E-state index in [0.29, 0.717) is 0 Å². The monoisotopic (exact) mass is 176 g/mol. The zero-order valence-corrected chi connectivity index (χ0v) is 6.44. The van der Waals surface area contributed by atoms with E-state index in [1.165, 1.54) is 6.08 Å². The fourth-order valence-corrected chi connectivity index (χ4v) is 0.530. The molecule has 0 rings (SSSR count). The van der Waals surface area contributed by atoms with Crippen molar-refractivity contribution in [2.75, 3.05) is 0 Å². The lowest BCUT2D eigenvalue weighted by molar-refractivity contribution is -0.106. The Hall–Kier alpha value is -0.110. The highest BCUT2D eigenvalue weighted by atomic mass is 79.9. The third-order valence-electron chi connectivity index (χ3n) is 0.704. The maximum absolute atomic E-state index is 10.1. The van der Waals surface area contributed by atoms with Gasteiger partial charge in [0.1, 0.15) is 0 Å². The molecule has 0 amide bonds. The molecule has 0 aromatic carbocycles. The first-order valence-electron chi connectivity index (χ1n) is 2.63. The first kappa shape index (κ1) is 7.89. The molecular weight excluding hydrogens is 168 g/mol. The van der Waals surface area contributed by atoms with Gasteiger partial charge in [-0.3, -0.25) is 4.79 Å². The zero-order valence-electron chi connectivity index (χ0n) is 4.86. The third-order valence-corrected chi connectivity index (χ3v) is 0.969. The zero-order chi connectivity index (χ0) is 6.41. The van der Waals surface area contributed by atoms with Crippen LogP contribution in [-0.4, -0.2) is 4.69 Å². The van der Waals surface area contributed by atoms with E-state index < -0.39 is 0 Å². The van der Waals surface area contributed by atoms with E-state index in [4.69, 9.17) is 0 Å². The number of hydrogen-bond donors (Lipinski definition) is 0. The fourth-order valence-electron chi connectivity index (χ4n) is 0.343. The summed E-state index contributed by atoms with van der Waals surface area (Å²) in [5.41, 5.74) is 0. The van der Waals surface area contributed by atoms with Crippen molar-refractivity contribution in [1.29, 1.82) is 0 Å². The number of allylic oxidation sites excluding steroid dienone is 2. The fraction of sp³-hybridized carbons (Fsp3) is 0.500. The standard InChI is InChI=1S/C6H9BrO/c1-2-3-4-5-6(7)8/h4-5H,2-3H2,1H3. The van der Waals surface area contributed by atoms with E-state index in [9.17, 15) is 4.79 Å². The van der Waals surface area contributed by atoms with Crippen LogP contribution >= 0.6 is 15.9 Å². The number of carbonyl (C=O) groups is 1. The second-order valence-corrected chi connectivity index (χ2v) is 2.28. The highest BCUT2D eigenvalue weighted by Gasteiger charge is 1.80. The molecule has 2 heteroatoms. The molecule has 0 bridgehead atoms. The Labute approximate surface area is 57.9 Å². The summed E-state index contributed by atoms with van der Waals surface area (Å²) in [5, 5.41) is 0. The number of hydrogen-bond acceptors (Lipinski definition) is 1. The number of halogens is 1. The highest BCUT2D eigenvalue weighted by Crippen LogP contribution is 1.91. The lowest BCUT2D eigenvalue weighted by Gasteiger charge is -1.78. The van der Waals surface area contributed by atoms with Gasteiger partial charge < -0.3 is 0 Å². The Morgan fingerprint density at radius 1 is 1.75 bits per heavy atom. The van der Waals surface area contributed by atoms with Gasteiger partial charge in [-0.25, -0.2) is 0 Å². The second kappa shape index (κ2) is 5.04. The van der Waals surface area contributed by atoms with Gasteiger partial charge in [0.15, 0.2) is 0 Å². The van der Waals surface area contributed by atoms with E-state index in [1.807, 2.05) is 6.08 Å². The van der Waals surface area contributed by atoms with Crippen LogP contribution in [0.3, 0.4) is 0 Å². The van der Waals surface area contributed by atoms with Gasteiger partial charge in [-0.15, -0.1) is 0 Å². The Bertz CT molecular complexity index is 96.7. The molecule has 1 nitrogen and oxygen atoms in total. The molecule has 0 radical (unpaired) electrons. The maximum Gasteiger partial charge on any atom is 0.220 e. The van der Waals surface area contributed by atoms with Crippen LogP contribution in [0.15, 0.2) is 12.2 Å². The van der Waals surface area contributed by atoms with Gasteiger partial charge in [-0.1, -0.05) is 19.4 Å². The maximum atomic E-state index is 10.1. The van der Waals surface area contributed by atoms with Gasteiger partial charge in [-0.2, -0.15) is 0 Å². The van der Waals surface area contributed by atoms with Crippen LogP contribution < -0.4 is 0 Å². The van der Waals surface area contributed by atoms with Crippen molar-refractivity contribution in [3.8, 4) is 0 Å². The summed E-state index contributed by atoms with van der Waals surface area (Å²) in [6.07, 6.45) is 5.47. The van der Waals surface area contributed by atoms with Crippen molar-refractivity contribution in [1.82, 2.24) is 0 Å². The minimum Gasteiger partial charge on any atom is -0.282 e. The first-order chi connectivity index (χ1) is 3.77. The van der Waals surface area contributed by atoms with Crippen molar-refractivity contribution in [2.45, 2.75) is 19.8 Å². The molecule has 8 heavy (non-hydrogen) atoms. The topological polar surface area (TPSA) is 17.1 Å². The largest absolute Gasteiger partial charge is 0.282 e. The van der Waals surface area contributed by atoms with Gasteiger partial charge in [0, 0.05) is 0 Å².